The number of phosphoric ester groups is 1. The first-order valence-corrected chi connectivity index (χ1v) is 22.9. The number of rotatable bonds is 37. The van der Waals surface area contributed by atoms with Gasteiger partial charge in [-0.3, -0.25) is 18.6 Å². The number of aliphatic hydroxyl groups is 1. The van der Waals surface area contributed by atoms with E-state index < -0.39 is 38.6 Å². The molecule has 0 amide bonds. The van der Waals surface area contributed by atoms with E-state index >= 15 is 0 Å². The van der Waals surface area contributed by atoms with E-state index in [9.17, 15) is 24.2 Å². The maximum atomic E-state index is 12.7. The maximum Gasteiger partial charge on any atom is 0.472 e. The molecule has 0 aliphatic carbocycles. The van der Waals surface area contributed by atoms with Crippen LogP contribution in [0.5, 0.6) is 0 Å². The molecule has 0 aromatic carbocycles. The lowest BCUT2D eigenvalue weighted by Crippen LogP contribution is -2.37. The van der Waals surface area contributed by atoms with Crippen LogP contribution in [0.1, 0.15) is 136 Å². The summed E-state index contributed by atoms with van der Waals surface area (Å²) in [6.45, 7) is 4.00. The minimum Gasteiger partial charge on any atom is -0.462 e. The normalized spacial score (nSPS) is 15.0. The monoisotopic (exact) mass is 821 g/mol. The van der Waals surface area contributed by atoms with E-state index in [0.717, 1.165) is 89.9 Å². The second kappa shape index (κ2) is 37.4. The molecule has 0 aliphatic rings. The number of carbonyl (C=O) groups is 2. The van der Waals surface area contributed by atoms with Gasteiger partial charge in [-0.2, -0.15) is 0 Å². The first kappa shape index (κ1) is 54.2. The molecule has 0 aliphatic heterocycles. The number of phosphoric acid groups is 1. The van der Waals surface area contributed by atoms with Crippen LogP contribution in [-0.4, -0.2) is 86.1 Å². The predicted octanol–water partition coefficient (Wildman–Crippen LogP) is 11.0. The molecule has 0 saturated carbocycles. The highest BCUT2D eigenvalue weighted by Crippen LogP contribution is 2.43. The lowest BCUT2D eigenvalue weighted by molar-refractivity contribution is -0.870. The van der Waals surface area contributed by atoms with E-state index in [0.29, 0.717) is 30.3 Å². The van der Waals surface area contributed by atoms with Gasteiger partial charge in [-0.1, -0.05) is 137 Å². The summed E-state index contributed by atoms with van der Waals surface area (Å²) in [6, 6.07) is 0. The van der Waals surface area contributed by atoms with E-state index in [-0.39, 0.29) is 26.1 Å². The zero-order valence-corrected chi connectivity index (χ0v) is 37.0. The van der Waals surface area contributed by atoms with Crippen LogP contribution in [0.15, 0.2) is 85.1 Å². The second-order valence-electron chi connectivity index (χ2n) is 15.2. The fourth-order valence-corrected chi connectivity index (χ4v) is 5.93. The number of aliphatic hydroxyl groups excluding tert-OH is 1. The highest BCUT2D eigenvalue weighted by atomic mass is 31.2. The van der Waals surface area contributed by atoms with Crippen molar-refractivity contribution in [3.63, 3.8) is 0 Å². The molecule has 10 nitrogen and oxygen atoms in total. The minimum atomic E-state index is -4.41. The van der Waals surface area contributed by atoms with Crippen LogP contribution in [0.3, 0.4) is 0 Å². The van der Waals surface area contributed by atoms with Gasteiger partial charge in [0.2, 0.25) is 0 Å². The van der Waals surface area contributed by atoms with Crippen LogP contribution in [-0.2, 0) is 32.7 Å². The van der Waals surface area contributed by atoms with Crippen LogP contribution < -0.4 is 0 Å². The van der Waals surface area contributed by atoms with Crippen LogP contribution in [0.4, 0.5) is 0 Å². The molecule has 0 saturated heterocycles. The Kier molecular flexibility index (Phi) is 35.6. The standard InChI is InChI=1S/C46H78NO9P/c1-6-8-10-12-14-15-16-17-18-19-20-21-22-23-25-29-33-37-45(49)53-41-44(42-55-57(51,52)54-40-39-47(3,4)5)56-46(50)38-34-30-26-28-32-36-43(48)35-31-27-24-13-11-9-7-2/h8-11,14-15,17-18,20-21,24,27,31,35,43-44,48H,6-7,12-13,16,19,22-23,25-26,28-30,32-34,36-42H2,1-5H3/p+1/b10-8-,11-9+,15-14-,18-17-,21-20-,27-24+,35-31+/t43?,44-/m1/s1. The molecule has 2 unspecified atom stereocenters. The average Bonchev–Trinajstić information content (AvgIpc) is 3.15. The molecule has 3 atom stereocenters. The number of quaternary nitrogens is 1. The van der Waals surface area contributed by atoms with E-state index in [2.05, 4.69) is 80.7 Å². The third-order valence-electron chi connectivity index (χ3n) is 8.52. The first-order chi connectivity index (χ1) is 27.4. The highest BCUT2D eigenvalue weighted by Gasteiger charge is 2.27. The number of carbonyl (C=O) groups excluding carboxylic acids is 2. The minimum absolute atomic E-state index is 0.00433. The summed E-state index contributed by atoms with van der Waals surface area (Å²) in [5.41, 5.74) is 0. The Labute approximate surface area is 346 Å². The smallest absolute Gasteiger partial charge is 0.462 e. The molecular formula is C46H79NO9P+. The second-order valence-corrected chi connectivity index (χ2v) is 16.6. The number of unbranched alkanes of at least 4 members (excludes halogenated alkanes) is 8. The molecule has 0 fully saturated rings. The summed E-state index contributed by atoms with van der Waals surface area (Å²) in [5.74, 6) is -0.913. The largest absolute Gasteiger partial charge is 0.472 e. The zero-order valence-electron chi connectivity index (χ0n) is 36.1. The van der Waals surface area contributed by atoms with Gasteiger partial charge < -0.3 is 24.0 Å². The Morgan fingerprint density at radius 2 is 1.16 bits per heavy atom. The molecule has 0 heterocycles. The lowest BCUT2D eigenvalue weighted by atomic mass is 10.1. The molecule has 0 aromatic rings. The Morgan fingerprint density at radius 3 is 1.77 bits per heavy atom. The van der Waals surface area contributed by atoms with Crippen LogP contribution in [0, 0.1) is 0 Å². The molecule has 0 rings (SSSR count). The SMILES string of the molecule is CC/C=C\C/C=C\C/C=C\C/C=C\CCCCCCC(=O)OC[C@H](COP(=O)(O)OCC[N+](C)(C)C)OC(=O)CCCCCCCC(O)/C=C/C=C/C/C=C/CC. The van der Waals surface area contributed by atoms with Crippen molar-refractivity contribution >= 4 is 19.8 Å². The van der Waals surface area contributed by atoms with Gasteiger partial charge in [0, 0.05) is 12.8 Å². The van der Waals surface area contributed by atoms with Gasteiger partial charge in [0.25, 0.3) is 0 Å². The lowest BCUT2D eigenvalue weighted by Gasteiger charge is -2.24. The number of ether oxygens (including phenoxy) is 2. The first-order valence-electron chi connectivity index (χ1n) is 21.4. The number of allylic oxidation sites excluding steroid dienone is 13. The molecule has 57 heavy (non-hydrogen) atoms. The summed E-state index contributed by atoms with van der Waals surface area (Å²) in [7, 11) is 1.38. The van der Waals surface area contributed by atoms with Crippen LogP contribution >= 0.6 is 7.82 Å². The van der Waals surface area contributed by atoms with Crippen molar-refractivity contribution in [3.05, 3.63) is 85.1 Å². The molecule has 11 heteroatoms. The van der Waals surface area contributed by atoms with Crippen molar-refractivity contribution in [1.29, 1.82) is 0 Å². The summed E-state index contributed by atoms with van der Waals surface area (Å²) in [4.78, 5) is 35.4. The third-order valence-corrected chi connectivity index (χ3v) is 9.51. The fourth-order valence-electron chi connectivity index (χ4n) is 5.19. The molecule has 0 radical (unpaired) electrons. The Balaban J connectivity index is 4.52. The summed E-state index contributed by atoms with van der Waals surface area (Å²) in [5, 5.41) is 10.2. The number of nitrogens with zero attached hydrogens (tertiary/aromatic N) is 1. The summed E-state index contributed by atoms with van der Waals surface area (Å²) >= 11 is 0. The van der Waals surface area contributed by atoms with Crippen molar-refractivity contribution in [2.45, 2.75) is 148 Å². The molecule has 2 N–H and O–H groups in total. The van der Waals surface area contributed by atoms with Gasteiger partial charge in [-0.15, -0.1) is 0 Å². The van der Waals surface area contributed by atoms with E-state index in [1.54, 1.807) is 6.08 Å². The molecule has 0 aromatic heterocycles. The summed E-state index contributed by atoms with van der Waals surface area (Å²) < 4.78 is 34.2. The number of hydrogen-bond acceptors (Lipinski definition) is 8. The van der Waals surface area contributed by atoms with Gasteiger partial charge in [0.1, 0.15) is 19.8 Å². The van der Waals surface area contributed by atoms with Crippen LogP contribution in [0.2, 0.25) is 0 Å². The highest BCUT2D eigenvalue weighted by molar-refractivity contribution is 7.47. The number of likely N-dealkylation sites (N-methyl/N-ethyl adjacent to an activating group) is 1. The Bertz CT molecular complexity index is 1260. The number of esters is 2. The van der Waals surface area contributed by atoms with E-state index in [4.69, 9.17) is 18.5 Å². The van der Waals surface area contributed by atoms with Crippen molar-refractivity contribution in [3.8, 4) is 0 Å². The maximum absolute atomic E-state index is 12.7. The average molecular weight is 821 g/mol. The van der Waals surface area contributed by atoms with Gasteiger partial charge in [0.05, 0.1) is 33.9 Å². The number of hydrogen-bond donors (Lipinski definition) is 2. The van der Waals surface area contributed by atoms with Crippen molar-refractivity contribution in [1.82, 2.24) is 0 Å². The van der Waals surface area contributed by atoms with Gasteiger partial charge in [-0.05, 0) is 70.6 Å². The zero-order chi connectivity index (χ0) is 42.3. The Hall–Kier alpha value is -2.85. The Morgan fingerprint density at radius 1 is 0.632 bits per heavy atom. The van der Waals surface area contributed by atoms with Gasteiger partial charge in [0.15, 0.2) is 6.10 Å². The molecular weight excluding hydrogens is 741 g/mol. The van der Waals surface area contributed by atoms with E-state index in [1.807, 2.05) is 33.3 Å². The van der Waals surface area contributed by atoms with Gasteiger partial charge >= 0.3 is 19.8 Å². The van der Waals surface area contributed by atoms with Crippen molar-refractivity contribution in [2.75, 3.05) is 47.5 Å². The van der Waals surface area contributed by atoms with Crippen LogP contribution in [0.25, 0.3) is 0 Å². The third kappa shape index (κ3) is 41.1. The van der Waals surface area contributed by atoms with E-state index in [1.165, 1.54) is 0 Å². The van der Waals surface area contributed by atoms with Crippen molar-refractivity contribution < 1.29 is 47.2 Å². The molecule has 0 bridgehead atoms. The quantitative estimate of drug-likeness (QED) is 0.0157. The molecule has 326 valence electrons. The van der Waals surface area contributed by atoms with Crippen molar-refractivity contribution in [2.24, 2.45) is 0 Å². The topological polar surface area (TPSA) is 129 Å². The fraction of sp³-hybridized carbons (Fsp3) is 0.652. The predicted molar refractivity (Wildman–Crippen MR) is 235 cm³/mol. The molecule has 0 spiro atoms. The van der Waals surface area contributed by atoms with Gasteiger partial charge in [-0.25, -0.2) is 4.57 Å². The summed E-state index contributed by atoms with van der Waals surface area (Å²) in [6.07, 6.45) is 43.6.